The van der Waals surface area contributed by atoms with E-state index in [1.807, 2.05) is 20.8 Å². The summed E-state index contributed by atoms with van der Waals surface area (Å²) in [5.41, 5.74) is -0.155. The van der Waals surface area contributed by atoms with Gasteiger partial charge in [0, 0.05) is 24.0 Å². The lowest BCUT2D eigenvalue weighted by atomic mass is 9.85. The third-order valence-corrected chi connectivity index (χ3v) is 4.56. The van der Waals surface area contributed by atoms with Gasteiger partial charge in [-0.25, -0.2) is 0 Å². The molecule has 0 aromatic carbocycles. The van der Waals surface area contributed by atoms with Crippen LogP contribution in [0.1, 0.15) is 52.3 Å². The Bertz CT molecular complexity index is 556. The molecule has 2 aliphatic rings. The molecule has 0 amide bonds. The number of hydrogen-bond donors (Lipinski definition) is 2. The Kier molecular flexibility index (Phi) is 4.31. The first kappa shape index (κ1) is 16.2. The standard InChI is InChI=1S/C16H26N4O3/c1-16(2,3)14-18-15(19-23-14)17-11-6-12(7-11)20(9-13(21)22)8-10-4-5-10/h10-12H,4-9H2,1-3H3,(H,17,19)(H,21,22). The van der Waals surface area contributed by atoms with Gasteiger partial charge in [-0.3, -0.25) is 9.69 Å². The number of carboxylic acids is 1. The van der Waals surface area contributed by atoms with Crippen molar-refractivity contribution in [1.29, 1.82) is 0 Å². The van der Waals surface area contributed by atoms with Crippen LogP contribution >= 0.6 is 0 Å². The number of nitrogens with one attached hydrogen (secondary N) is 1. The van der Waals surface area contributed by atoms with E-state index in [4.69, 9.17) is 9.63 Å². The first-order valence-electron chi connectivity index (χ1n) is 8.38. The molecule has 2 fully saturated rings. The van der Waals surface area contributed by atoms with Crippen molar-refractivity contribution in [3.05, 3.63) is 5.89 Å². The molecular weight excluding hydrogens is 296 g/mol. The van der Waals surface area contributed by atoms with Gasteiger partial charge in [0.05, 0.1) is 6.54 Å². The molecule has 1 aromatic heterocycles. The molecule has 2 aliphatic carbocycles. The van der Waals surface area contributed by atoms with Gasteiger partial charge in [0.25, 0.3) is 5.95 Å². The van der Waals surface area contributed by atoms with Crippen molar-refractivity contribution in [3.8, 4) is 0 Å². The molecule has 1 aromatic rings. The average molecular weight is 322 g/mol. The van der Waals surface area contributed by atoms with E-state index >= 15 is 0 Å². The van der Waals surface area contributed by atoms with Crippen molar-refractivity contribution >= 4 is 11.9 Å². The molecule has 7 nitrogen and oxygen atoms in total. The molecule has 2 saturated carbocycles. The average Bonchev–Trinajstić information content (AvgIpc) is 3.06. The molecule has 0 radical (unpaired) electrons. The van der Waals surface area contributed by atoms with Crippen LogP contribution in [0.4, 0.5) is 5.95 Å². The molecule has 23 heavy (non-hydrogen) atoms. The maximum Gasteiger partial charge on any atom is 0.317 e. The lowest BCUT2D eigenvalue weighted by Crippen LogP contribution is -2.52. The first-order chi connectivity index (χ1) is 10.8. The summed E-state index contributed by atoms with van der Waals surface area (Å²) in [5, 5.41) is 16.3. The second kappa shape index (κ2) is 6.11. The molecule has 0 saturated heterocycles. The summed E-state index contributed by atoms with van der Waals surface area (Å²) in [7, 11) is 0. The number of carbonyl (C=O) groups is 1. The lowest BCUT2D eigenvalue weighted by molar-refractivity contribution is -0.139. The summed E-state index contributed by atoms with van der Waals surface area (Å²) >= 11 is 0. The Morgan fingerprint density at radius 3 is 2.61 bits per heavy atom. The van der Waals surface area contributed by atoms with Gasteiger partial charge in [0.1, 0.15) is 0 Å². The molecule has 0 atom stereocenters. The summed E-state index contributed by atoms with van der Waals surface area (Å²) in [4.78, 5) is 17.5. The van der Waals surface area contributed by atoms with Crippen LogP contribution in [0, 0.1) is 5.92 Å². The molecule has 128 valence electrons. The van der Waals surface area contributed by atoms with Crippen LogP contribution in [0.25, 0.3) is 0 Å². The molecule has 0 spiro atoms. The van der Waals surface area contributed by atoms with Crippen molar-refractivity contribution in [3.63, 3.8) is 0 Å². The molecule has 1 heterocycles. The van der Waals surface area contributed by atoms with Crippen LogP contribution < -0.4 is 5.32 Å². The minimum atomic E-state index is -0.741. The van der Waals surface area contributed by atoms with Crippen LogP contribution in [-0.4, -0.2) is 51.3 Å². The summed E-state index contributed by atoms with van der Waals surface area (Å²) in [5.74, 6) is 1.12. The summed E-state index contributed by atoms with van der Waals surface area (Å²) in [6.45, 7) is 7.16. The fourth-order valence-corrected chi connectivity index (χ4v) is 2.92. The zero-order chi connectivity index (χ0) is 16.6. The highest BCUT2D eigenvalue weighted by molar-refractivity contribution is 5.69. The fourth-order valence-electron chi connectivity index (χ4n) is 2.92. The SMILES string of the molecule is CC(C)(C)c1nc(NC2CC(N(CC(=O)O)CC3CC3)C2)no1. The maximum absolute atomic E-state index is 11.0. The number of aliphatic carboxylic acids is 1. The Morgan fingerprint density at radius 2 is 2.09 bits per heavy atom. The molecular formula is C16H26N4O3. The number of carboxylic acid groups (broad SMARTS) is 1. The zero-order valence-corrected chi connectivity index (χ0v) is 14.1. The third kappa shape index (κ3) is 4.22. The van der Waals surface area contributed by atoms with Gasteiger partial charge in [-0.2, -0.15) is 4.98 Å². The van der Waals surface area contributed by atoms with Crippen LogP contribution in [0.5, 0.6) is 0 Å². The Hall–Kier alpha value is -1.63. The van der Waals surface area contributed by atoms with Crippen molar-refractivity contribution in [2.24, 2.45) is 5.92 Å². The highest BCUT2D eigenvalue weighted by Crippen LogP contribution is 2.34. The molecule has 7 heteroatoms. The second-order valence-electron chi connectivity index (χ2n) is 7.91. The van der Waals surface area contributed by atoms with Crippen LogP contribution in [0.15, 0.2) is 4.52 Å². The van der Waals surface area contributed by atoms with E-state index in [1.54, 1.807) is 0 Å². The van der Waals surface area contributed by atoms with E-state index in [1.165, 1.54) is 12.8 Å². The van der Waals surface area contributed by atoms with E-state index in [0.717, 1.165) is 19.4 Å². The van der Waals surface area contributed by atoms with E-state index < -0.39 is 5.97 Å². The number of anilines is 1. The number of nitrogens with zero attached hydrogens (tertiary/aromatic N) is 3. The summed E-state index contributed by atoms with van der Waals surface area (Å²) in [6.07, 6.45) is 4.34. The minimum Gasteiger partial charge on any atom is -0.480 e. The van der Waals surface area contributed by atoms with Crippen LogP contribution in [0.2, 0.25) is 0 Å². The Morgan fingerprint density at radius 1 is 1.39 bits per heavy atom. The molecule has 3 rings (SSSR count). The van der Waals surface area contributed by atoms with Gasteiger partial charge in [-0.1, -0.05) is 20.8 Å². The highest BCUT2D eigenvalue weighted by Gasteiger charge is 2.37. The third-order valence-electron chi connectivity index (χ3n) is 4.56. The van der Waals surface area contributed by atoms with E-state index in [9.17, 15) is 4.79 Å². The molecule has 0 unspecified atom stereocenters. The monoisotopic (exact) mass is 322 g/mol. The largest absolute Gasteiger partial charge is 0.480 e. The maximum atomic E-state index is 11.0. The number of aromatic nitrogens is 2. The van der Waals surface area contributed by atoms with Gasteiger partial charge >= 0.3 is 5.97 Å². The predicted octanol–water partition coefficient (Wildman–Crippen LogP) is 2.11. The van der Waals surface area contributed by atoms with Gasteiger partial charge in [0.2, 0.25) is 5.89 Å². The van der Waals surface area contributed by atoms with Gasteiger partial charge in [-0.15, -0.1) is 0 Å². The second-order valence-corrected chi connectivity index (χ2v) is 7.91. The first-order valence-corrected chi connectivity index (χ1v) is 8.38. The van der Waals surface area contributed by atoms with Crippen LogP contribution in [0.3, 0.4) is 0 Å². The number of hydrogen-bond acceptors (Lipinski definition) is 6. The molecule has 0 aliphatic heterocycles. The van der Waals surface area contributed by atoms with Crippen molar-refractivity contribution < 1.29 is 14.4 Å². The van der Waals surface area contributed by atoms with Crippen molar-refractivity contribution in [2.45, 2.75) is 64.0 Å². The van der Waals surface area contributed by atoms with E-state index in [-0.39, 0.29) is 12.0 Å². The van der Waals surface area contributed by atoms with Crippen molar-refractivity contribution in [2.75, 3.05) is 18.4 Å². The fraction of sp³-hybridized carbons (Fsp3) is 0.812. The van der Waals surface area contributed by atoms with E-state index in [0.29, 0.717) is 29.8 Å². The van der Waals surface area contributed by atoms with Gasteiger partial charge in [-0.05, 0) is 36.8 Å². The van der Waals surface area contributed by atoms with Gasteiger partial charge in [0.15, 0.2) is 0 Å². The summed E-state index contributed by atoms with van der Waals surface area (Å²) in [6, 6.07) is 0.638. The Labute approximate surface area is 136 Å². The number of rotatable bonds is 7. The van der Waals surface area contributed by atoms with Crippen molar-refractivity contribution in [1.82, 2.24) is 15.0 Å². The smallest absolute Gasteiger partial charge is 0.317 e. The zero-order valence-electron chi connectivity index (χ0n) is 14.1. The van der Waals surface area contributed by atoms with Gasteiger partial charge < -0.3 is 14.9 Å². The predicted molar refractivity (Wildman–Crippen MR) is 85.4 cm³/mol. The normalized spacial score (nSPS) is 24.5. The van der Waals surface area contributed by atoms with Crippen LogP contribution in [-0.2, 0) is 10.2 Å². The molecule has 0 bridgehead atoms. The lowest BCUT2D eigenvalue weighted by Gasteiger charge is -2.42. The summed E-state index contributed by atoms with van der Waals surface area (Å²) < 4.78 is 5.27. The topological polar surface area (TPSA) is 91.5 Å². The van der Waals surface area contributed by atoms with E-state index in [2.05, 4.69) is 20.4 Å². The Balaban J connectivity index is 1.49. The minimum absolute atomic E-state index is 0.143. The highest BCUT2D eigenvalue weighted by atomic mass is 16.5. The molecule has 2 N–H and O–H groups in total. The quantitative estimate of drug-likeness (QED) is 0.794.